The number of benzene rings is 2. The van der Waals surface area contributed by atoms with Gasteiger partial charge in [-0.3, -0.25) is 0 Å². The number of rotatable bonds is 2. The summed E-state index contributed by atoms with van der Waals surface area (Å²) in [6.45, 7) is 0. The molecule has 2 aromatic carbocycles. The van der Waals surface area contributed by atoms with Gasteiger partial charge in [-0.25, -0.2) is 18.0 Å². The van der Waals surface area contributed by atoms with E-state index in [-0.39, 0.29) is 6.07 Å². The lowest BCUT2D eigenvalue weighted by molar-refractivity contribution is 0.0724. The van der Waals surface area contributed by atoms with Gasteiger partial charge in [0.15, 0.2) is 34.6 Å². The van der Waals surface area contributed by atoms with Crippen LogP contribution in [0.4, 0.5) is 17.6 Å². The van der Waals surface area contributed by atoms with Gasteiger partial charge in [-0.1, -0.05) is 0 Å². The first-order valence-electron chi connectivity index (χ1n) is 5.52. The van der Waals surface area contributed by atoms with E-state index in [2.05, 4.69) is 4.74 Å². The predicted octanol–water partition coefficient (Wildman–Crippen LogP) is 2.58. The van der Waals surface area contributed by atoms with E-state index in [1.807, 2.05) is 0 Å². The van der Waals surface area contributed by atoms with E-state index in [0.29, 0.717) is 12.1 Å². The Hall–Kier alpha value is -2.97. The maximum Gasteiger partial charge on any atom is 0.343 e. The van der Waals surface area contributed by atoms with Crippen LogP contribution in [0.2, 0.25) is 0 Å². The molecule has 0 amide bonds. The number of ether oxygens (including phenoxy) is 1. The molecule has 0 bridgehead atoms. The third-order valence-electron chi connectivity index (χ3n) is 2.58. The highest BCUT2D eigenvalue weighted by Gasteiger charge is 2.23. The Kier molecular flexibility index (Phi) is 3.81. The Morgan fingerprint density at radius 1 is 0.864 bits per heavy atom. The fraction of sp³-hybridized carbons (Fsp3) is 0. The summed E-state index contributed by atoms with van der Waals surface area (Å²) >= 11 is 0. The minimum atomic E-state index is -2.17. The van der Waals surface area contributed by atoms with Crippen molar-refractivity contribution in [1.82, 2.24) is 0 Å². The molecular weight excluding hydrogens is 312 g/mol. The van der Waals surface area contributed by atoms with Gasteiger partial charge in [0.25, 0.3) is 0 Å². The topological polar surface area (TPSA) is 87.0 Å². The highest BCUT2D eigenvalue weighted by atomic mass is 19.2. The van der Waals surface area contributed by atoms with Crippen molar-refractivity contribution >= 4 is 5.97 Å². The van der Waals surface area contributed by atoms with Crippen LogP contribution < -0.4 is 4.74 Å². The number of carbonyl (C=O) groups is 1. The summed E-state index contributed by atoms with van der Waals surface area (Å²) in [5, 5.41) is 27.5. The van der Waals surface area contributed by atoms with Crippen molar-refractivity contribution in [2.24, 2.45) is 0 Å². The number of halogens is 4. The first-order valence-corrected chi connectivity index (χ1v) is 5.52. The zero-order chi connectivity index (χ0) is 16.6. The Labute approximate surface area is 119 Å². The van der Waals surface area contributed by atoms with Crippen LogP contribution in [0.3, 0.4) is 0 Å². The molecule has 2 aromatic rings. The summed E-state index contributed by atoms with van der Waals surface area (Å²) in [6.07, 6.45) is 0. The van der Waals surface area contributed by atoms with Crippen molar-refractivity contribution in [3.8, 4) is 23.0 Å². The molecule has 0 aliphatic carbocycles. The summed E-state index contributed by atoms with van der Waals surface area (Å²) in [5.41, 5.74) is -0.558. The third kappa shape index (κ3) is 2.60. The summed E-state index contributed by atoms with van der Waals surface area (Å²) < 4.78 is 56.4. The molecule has 0 fully saturated rings. The molecule has 2 rings (SSSR count). The van der Waals surface area contributed by atoms with Crippen LogP contribution in [0.25, 0.3) is 0 Å². The maximum atomic E-state index is 13.3. The SMILES string of the molecule is O=C(Oc1cc(F)c(F)c(F)c1F)c1cc(O)c(O)c(O)c1. The second-order valence-corrected chi connectivity index (χ2v) is 4.05. The van der Waals surface area contributed by atoms with Crippen LogP contribution in [0, 0.1) is 23.3 Å². The van der Waals surface area contributed by atoms with Gasteiger partial charge in [0.05, 0.1) is 5.56 Å². The molecule has 116 valence electrons. The zero-order valence-electron chi connectivity index (χ0n) is 10.4. The highest BCUT2D eigenvalue weighted by Crippen LogP contribution is 2.35. The van der Waals surface area contributed by atoms with E-state index in [9.17, 15) is 32.6 Å². The number of phenolic OH excluding ortho intramolecular Hbond substituents is 3. The van der Waals surface area contributed by atoms with E-state index in [0.717, 1.165) is 0 Å². The zero-order valence-corrected chi connectivity index (χ0v) is 10.4. The van der Waals surface area contributed by atoms with Gasteiger partial charge in [-0.2, -0.15) is 4.39 Å². The summed E-state index contributed by atoms with van der Waals surface area (Å²) in [5.74, 6) is -13.3. The van der Waals surface area contributed by atoms with Crippen molar-refractivity contribution in [3.63, 3.8) is 0 Å². The van der Waals surface area contributed by atoms with Crippen LogP contribution in [-0.4, -0.2) is 21.3 Å². The molecule has 0 aromatic heterocycles. The number of carbonyl (C=O) groups excluding carboxylic acids is 1. The Balaban J connectivity index is 2.38. The Morgan fingerprint density at radius 2 is 1.41 bits per heavy atom. The average Bonchev–Trinajstić information content (AvgIpc) is 2.47. The Morgan fingerprint density at radius 3 is 1.95 bits per heavy atom. The largest absolute Gasteiger partial charge is 0.504 e. The van der Waals surface area contributed by atoms with Gasteiger partial charge in [-0.05, 0) is 12.1 Å². The van der Waals surface area contributed by atoms with Crippen molar-refractivity contribution in [2.75, 3.05) is 0 Å². The van der Waals surface area contributed by atoms with Crippen molar-refractivity contribution in [1.29, 1.82) is 0 Å². The number of esters is 1. The van der Waals surface area contributed by atoms with Crippen LogP contribution in [-0.2, 0) is 0 Å². The number of aromatic hydroxyl groups is 3. The van der Waals surface area contributed by atoms with Crippen molar-refractivity contribution in [3.05, 3.63) is 47.0 Å². The molecule has 5 nitrogen and oxygen atoms in total. The fourth-order valence-corrected chi connectivity index (χ4v) is 1.51. The molecule has 0 aliphatic rings. The summed E-state index contributed by atoms with van der Waals surface area (Å²) in [7, 11) is 0. The molecule has 0 saturated carbocycles. The van der Waals surface area contributed by atoms with Gasteiger partial charge >= 0.3 is 5.97 Å². The molecule has 22 heavy (non-hydrogen) atoms. The number of phenols is 3. The van der Waals surface area contributed by atoms with E-state index in [4.69, 9.17) is 5.11 Å². The molecule has 0 saturated heterocycles. The first-order chi connectivity index (χ1) is 10.2. The van der Waals surface area contributed by atoms with Gasteiger partial charge in [0, 0.05) is 6.07 Å². The summed E-state index contributed by atoms with van der Waals surface area (Å²) in [6, 6.07) is 1.43. The molecule has 0 radical (unpaired) electrons. The monoisotopic (exact) mass is 318 g/mol. The molecule has 0 atom stereocenters. The van der Waals surface area contributed by atoms with Crippen LogP contribution in [0.15, 0.2) is 18.2 Å². The lowest BCUT2D eigenvalue weighted by atomic mass is 10.2. The van der Waals surface area contributed by atoms with Crippen LogP contribution in [0.5, 0.6) is 23.0 Å². The van der Waals surface area contributed by atoms with Gasteiger partial charge in [-0.15, -0.1) is 0 Å². The molecule has 9 heteroatoms. The van der Waals surface area contributed by atoms with Gasteiger partial charge in [0.2, 0.25) is 11.6 Å². The molecule has 0 heterocycles. The minimum Gasteiger partial charge on any atom is -0.504 e. The number of hydrogen-bond donors (Lipinski definition) is 3. The van der Waals surface area contributed by atoms with Crippen LogP contribution in [0.1, 0.15) is 10.4 Å². The van der Waals surface area contributed by atoms with Crippen LogP contribution >= 0.6 is 0 Å². The lowest BCUT2D eigenvalue weighted by Crippen LogP contribution is -2.11. The predicted molar refractivity (Wildman–Crippen MR) is 62.7 cm³/mol. The van der Waals surface area contributed by atoms with E-state index in [1.54, 1.807) is 0 Å². The molecule has 0 spiro atoms. The van der Waals surface area contributed by atoms with Crippen molar-refractivity contribution < 1.29 is 42.4 Å². The molecule has 0 unspecified atom stereocenters. The second-order valence-electron chi connectivity index (χ2n) is 4.05. The van der Waals surface area contributed by atoms with E-state index >= 15 is 0 Å². The smallest absolute Gasteiger partial charge is 0.343 e. The molecule has 0 aliphatic heterocycles. The molecular formula is C13H6F4O5. The van der Waals surface area contributed by atoms with E-state index in [1.165, 1.54) is 0 Å². The van der Waals surface area contributed by atoms with Gasteiger partial charge < -0.3 is 20.1 Å². The second kappa shape index (κ2) is 5.43. The quantitative estimate of drug-likeness (QED) is 0.198. The average molecular weight is 318 g/mol. The minimum absolute atomic E-state index is 0.117. The standard InChI is InChI=1S/C13H6F4O5/c14-5-3-8(10(16)11(17)9(5)15)22-13(21)4-1-6(18)12(20)7(19)2-4/h1-3,18-20H. The number of hydrogen-bond acceptors (Lipinski definition) is 5. The van der Waals surface area contributed by atoms with Gasteiger partial charge in [0.1, 0.15) is 0 Å². The first kappa shape index (κ1) is 15.4. The summed E-state index contributed by atoms with van der Waals surface area (Å²) in [4.78, 5) is 11.7. The third-order valence-corrected chi connectivity index (χ3v) is 2.58. The normalized spacial score (nSPS) is 10.5. The fourth-order valence-electron chi connectivity index (χ4n) is 1.51. The molecule has 3 N–H and O–H groups in total. The van der Waals surface area contributed by atoms with Crippen molar-refractivity contribution in [2.45, 2.75) is 0 Å². The highest BCUT2D eigenvalue weighted by molar-refractivity contribution is 5.92. The lowest BCUT2D eigenvalue weighted by Gasteiger charge is -2.08. The Bertz CT molecular complexity index is 753. The van der Waals surface area contributed by atoms with E-state index < -0.39 is 57.8 Å². The maximum absolute atomic E-state index is 13.3.